The van der Waals surface area contributed by atoms with Gasteiger partial charge in [-0.15, -0.1) is 11.3 Å². The van der Waals surface area contributed by atoms with Gasteiger partial charge in [0.25, 0.3) is 5.91 Å². The highest BCUT2D eigenvalue weighted by Gasteiger charge is 2.22. The second kappa shape index (κ2) is 8.99. The zero-order chi connectivity index (χ0) is 21.9. The molecule has 1 amide bonds. The summed E-state index contributed by atoms with van der Waals surface area (Å²) in [6.45, 7) is 4.18. The van der Waals surface area contributed by atoms with Gasteiger partial charge in [0.2, 0.25) is 10.0 Å². The molecule has 1 N–H and O–H groups in total. The number of carbonyl (C=O) groups is 1. The Morgan fingerprint density at radius 3 is 2.23 bits per heavy atom. The number of carbonyl (C=O) groups excluding carboxylic acids is 1. The Hall–Kier alpha value is -2.69. The van der Waals surface area contributed by atoms with Crippen molar-refractivity contribution in [2.45, 2.75) is 18.7 Å². The molecule has 2 aromatic carbocycles. The molecule has 3 aromatic rings. The maximum absolute atomic E-state index is 13.9. The predicted octanol–water partition coefficient (Wildman–Crippen LogP) is 4.37. The van der Waals surface area contributed by atoms with Gasteiger partial charge in [-0.2, -0.15) is 4.31 Å². The Labute approximate surface area is 177 Å². The van der Waals surface area contributed by atoms with Gasteiger partial charge in [-0.05, 0) is 36.4 Å². The van der Waals surface area contributed by atoms with Crippen molar-refractivity contribution in [2.24, 2.45) is 0 Å². The van der Waals surface area contributed by atoms with E-state index in [4.69, 9.17) is 0 Å². The highest BCUT2D eigenvalue weighted by molar-refractivity contribution is 7.89. The molecule has 0 saturated heterocycles. The fourth-order valence-electron chi connectivity index (χ4n) is 2.85. The Balaban J connectivity index is 1.77. The van der Waals surface area contributed by atoms with Crippen molar-refractivity contribution in [1.29, 1.82) is 0 Å². The third kappa shape index (κ3) is 4.40. The molecule has 1 aromatic heterocycles. The lowest BCUT2D eigenvalue weighted by Gasteiger charge is -2.18. The number of rotatable bonds is 7. The van der Waals surface area contributed by atoms with Crippen molar-refractivity contribution in [1.82, 2.24) is 9.29 Å². The summed E-state index contributed by atoms with van der Waals surface area (Å²) in [5.41, 5.74) is 0.0362. The first-order valence-corrected chi connectivity index (χ1v) is 11.4. The monoisotopic (exact) mass is 451 g/mol. The number of halogens is 2. The Kier molecular flexibility index (Phi) is 6.59. The van der Waals surface area contributed by atoms with E-state index < -0.39 is 27.6 Å². The van der Waals surface area contributed by atoms with Gasteiger partial charge in [0.1, 0.15) is 11.6 Å². The number of aromatic nitrogens is 1. The first-order chi connectivity index (χ1) is 14.3. The van der Waals surface area contributed by atoms with E-state index >= 15 is 0 Å². The van der Waals surface area contributed by atoms with Crippen molar-refractivity contribution in [3.63, 3.8) is 0 Å². The predicted molar refractivity (Wildman–Crippen MR) is 112 cm³/mol. The van der Waals surface area contributed by atoms with Crippen LogP contribution in [0.15, 0.2) is 52.7 Å². The van der Waals surface area contributed by atoms with Crippen LogP contribution in [0.25, 0.3) is 11.3 Å². The molecule has 6 nitrogen and oxygen atoms in total. The number of hydrogen-bond donors (Lipinski definition) is 1. The summed E-state index contributed by atoms with van der Waals surface area (Å²) in [5.74, 6) is -2.01. The zero-order valence-corrected chi connectivity index (χ0v) is 17.9. The molecule has 10 heteroatoms. The summed E-state index contributed by atoms with van der Waals surface area (Å²) in [6, 6.07) is 9.05. The van der Waals surface area contributed by atoms with Crippen LogP contribution in [0.2, 0.25) is 0 Å². The van der Waals surface area contributed by atoms with Crippen LogP contribution in [0.3, 0.4) is 0 Å². The number of sulfonamides is 1. The largest absolute Gasteiger partial charge is 0.298 e. The highest BCUT2D eigenvalue weighted by atomic mass is 32.2. The van der Waals surface area contributed by atoms with Gasteiger partial charge in [0.15, 0.2) is 5.13 Å². The van der Waals surface area contributed by atoms with Crippen molar-refractivity contribution in [3.8, 4) is 11.3 Å². The molecule has 0 aliphatic carbocycles. The molecule has 0 unspecified atom stereocenters. The third-order valence-corrected chi connectivity index (χ3v) is 7.23. The number of hydrogen-bond acceptors (Lipinski definition) is 5. The van der Waals surface area contributed by atoms with Gasteiger partial charge >= 0.3 is 0 Å². The molecule has 1 heterocycles. The van der Waals surface area contributed by atoms with Crippen LogP contribution in [0.1, 0.15) is 24.2 Å². The van der Waals surface area contributed by atoms with Crippen LogP contribution >= 0.6 is 11.3 Å². The van der Waals surface area contributed by atoms with E-state index in [0.29, 0.717) is 13.1 Å². The lowest BCUT2D eigenvalue weighted by Crippen LogP contribution is -2.30. The van der Waals surface area contributed by atoms with Gasteiger partial charge in [-0.25, -0.2) is 22.2 Å². The Morgan fingerprint density at radius 2 is 1.67 bits per heavy atom. The van der Waals surface area contributed by atoms with Gasteiger partial charge in [0.05, 0.1) is 16.2 Å². The minimum absolute atomic E-state index is 0.0755. The Bertz CT molecular complexity index is 1140. The molecule has 0 aliphatic rings. The molecule has 0 aliphatic heterocycles. The molecule has 0 fully saturated rings. The van der Waals surface area contributed by atoms with E-state index in [0.717, 1.165) is 23.5 Å². The van der Waals surface area contributed by atoms with Gasteiger partial charge < -0.3 is 0 Å². The zero-order valence-electron chi connectivity index (χ0n) is 16.2. The molecule has 0 spiro atoms. The second-order valence-electron chi connectivity index (χ2n) is 6.20. The number of benzene rings is 2. The standard InChI is InChI=1S/C20H19F2N3O3S2/c1-3-25(4-2)30(27,28)14-10-8-13(9-11-14)19(26)24-20-23-17(12-29-20)18-15(21)6-5-7-16(18)22/h5-12H,3-4H2,1-2H3,(H,23,24,26). The van der Waals surface area contributed by atoms with Crippen LogP contribution in [0, 0.1) is 11.6 Å². The van der Waals surface area contributed by atoms with Crippen molar-refractivity contribution in [2.75, 3.05) is 18.4 Å². The average molecular weight is 452 g/mol. The number of thiazole rings is 1. The summed E-state index contributed by atoms with van der Waals surface area (Å²) >= 11 is 1.02. The smallest absolute Gasteiger partial charge is 0.257 e. The number of nitrogens with one attached hydrogen (secondary N) is 1. The Morgan fingerprint density at radius 1 is 1.07 bits per heavy atom. The van der Waals surface area contributed by atoms with Crippen LogP contribution in [0.5, 0.6) is 0 Å². The maximum Gasteiger partial charge on any atom is 0.257 e. The van der Waals surface area contributed by atoms with Gasteiger partial charge in [0, 0.05) is 24.0 Å². The number of anilines is 1. The van der Waals surface area contributed by atoms with Crippen LogP contribution in [-0.2, 0) is 10.0 Å². The molecule has 0 saturated carbocycles. The van der Waals surface area contributed by atoms with E-state index in [9.17, 15) is 22.0 Å². The summed E-state index contributed by atoms with van der Waals surface area (Å²) < 4.78 is 54.1. The summed E-state index contributed by atoms with van der Waals surface area (Å²) in [6.07, 6.45) is 0. The summed E-state index contributed by atoms with van der Waals surface area (Å²) in [7, 11) is -3.62. The molecule has 0 radical (unpaired) electrons. The lowest BCUT2D eigenvalue weighted by molar-refractivity contribution is 0.102. The topological polar surface area (TPSA) is 79.4 Å². The van der Waals surface area contributed by atoms with Crippen LogP contribution in [-0.4, -0.2) is 36.7 Å². The molecular formula is C20H19F2N3O3S2. The quantitative estimate of drug-likeness (QED) is 0.579. The second-order valence-corrected chi connectivity index (χ2v) is 9.00. The van der Waals surface area contributed by atoms with Crippen molar-refractivity contribution < 1.29 is 22.0 Å². The highest BCUT2D eigenvalue weighted by Crippen LogP contribution is 2.29. The molecule has 158 valence electrons. The van der Waals surface area contributed by atoms with Gasteiger partial charge in [-0.3, -0.25) is 10.1 Å². The van der Waals surface area contributed by atoms with E-state index in [2.05, 4.69) is 10.3 Å². The molecule has 0 bridgehead atoms. The van der Waals surface area contributed by atoms with E-state index in [1.165, 1.54) is 40.0 Å². The van der Waals surface area contributed by atoms with E-state index in [1.54, 1.807) is 13.8 Å². The van der Waals surface area contributed by atoms with Crippen molar-refractivity contribution in [3.05, 3.63) is 65.0 Å². The number of nitrogens with zero attached hydrogens (tertiary/aromatic N) is 2. The first-order valence-electron chi connectivity index (χ1n) is 9.09. The fourth-order valence-corrected chi connectivity index (χ4v) is 5.00. The molecule has 3 rings (SSSR count). The third-order valence-electron chi connectivity index (χ3n) is 4.40. The lowest BCUT2D eigenvalue weighted by atomic mass is 10.1. The first kappa shape index (κ1) is 22.0. The minimum Gasteiger partial charge on any atom is -0.298 e. The van der Waals surface area contributed by atoms with Crippen LogP contribution < -0.4 is 5.32 Å². The molecule has 30 heavy (non-hydrogen) atoms. The fraction of sp³-hybridized carbons (Fsp3) is 0.200. The normalized spacial score (nSPS) is 11.6. The molecular weight excluding hydrogens is 432 g/mol. The minimum atomic E-state index is -3.62. The summed E-state index contributed by atoms with van der Waals surface area (Å²) in [5, 5.41) is 4.16. The SMILES string of the molecule is CCN(CC)S(=O)(=O)c1ccc(C(=O)Nc2nc(-c3c(F)cccc3F)cs2)cc1. The summed E-state index contributed by atoms with van der Waals surface area (Å²) in [4.78, 5) is 16.6. The molecule has 0 atom stereocenters. The van der Waals surface area contributed by atoms with E-state index in [-0.39, 0.29) is 26.8 Å². The van der Waals surface area contributed by atoms with E-state index in [1.807, 2.05) is 0 Å². The maximum atomic E-state index is 13.9. The van der Waals surface area contributed by atoms with Crippen molar-refractivity contribution >= 4 is 32.4 Å². The van der Waals surface area contributed by atoms with Gasteiger partial charge in [-0.1, -0.05) is 19.9 Å². The average Bonchev–Trinajstić information content (AvgIpc) is 3.16. The van der Waals surface area contributed by atoms with Crippen LogP contribution in [0.4, 0.5) is 13.9 Å². The number of amides is 1.